The van der Waals surface area contributed by atoms with E-state index in [0.29, 0.717) is 6.42 Å². The molecule has 2 N–H and O–H groups in total. The first-order valence-corrected chi connectivity index (χ1v) is 8.64. The highest BCUT2D eigenvalue weighted by Crippen LogP contribution is 2.15. The third-order valence-corrected chi connectivity index (χ3v) is 5.20. The minimum atomic E-state index is -2.95. The Labute approximate surface area is 119 Å². The molecule has 0 saturated carbocycles. The van der Waals surface area contributed by atoms with Gasteiger partial charge in [0.1, 0.15) is 0 Å². The second kappa shape index (κ2) is 6.26. The molecule has 1 saturated heterocycles. The quantitative estimate of drug-likeness (QED) is 0.849. The maximum atomic E-state index is 11.8. The third kappa shape index (κ3) is 3.96. The van der Waals surface area contributed by atoms with Gasteiger partial charge in [-0.15, -0.1) is 0 Å². The van der Waals surface area contributed by atoms with Crippen molar-refractivity contribution >= 4 is 21.4 Å². The molecule has 1 aromatic carbocycles. The normalized spacial score (nSPS) is 20.6. The molecule has 0 spiro atoms. The number of anilines is 1. The molecule has 6 heteroatoms. The molecule has 0 aliphatic carbocycles. The van der Waals surface area contributed by atoms with Crippen LogP contribution in [0.4, 0.5) is 5.69 Å². The highest BCUT2D eigenvalue weighted by Gasteiger charge is 2.28. The van der Waals surface area contributed by atoms with Crippen LogP contribution in [0.15, 0.2) is 24.3 Å². The van der Waals surface area contributed by atoms with Gasteiger partial charge in [0.2, 0.25) is 5.91 Å². The van der Waals surface area contributed by atoms with E-state index in [1.165, 1.54) is 0 Å². The Morgan fingerprint density at radius 2 is 2.10 bits per heavy atom. The Hall–Kier alpha value is -1.56. The highest BCUT2D eigenvalue weighted by molar-refractivity contribution is 7.91. The molecule has 110 valence electrons. The smallest absolute Gasteiger partial charge is 0.239 e. The molecule has 1 atom stereocenters. The zero-order chi connectivity index (χ0) is 14.6. The number of sulfone groups is 1. The van der Waals surface area contributed by atoms with Crippen LogP contribution in [0.5, 0.6) is 0 Å². The van der Waals surface area contributed by atoms with Crippen molar-refractivity contribution in [3.05, 3.63) is 29.8 Å². The van der Waals surface area contributed by atoms with E-state index in [-0.39, 0.29) is 30.0 Å². The molecular weight excluding hydrogens is 276 g/mol. The van der Waals surface area contributed by atoms with Crippen LogP contribution in [0.1, 0.15) is 18.9 Å². The first-order valence-electron chi connectivity index (χ1n) is 6.82. The Kier molecular flexibility index (Phi) is 4.65. The van der Waals surface area contributed by atoms with E-state index >= 15 is 0 Å². The summed E-state index contributed by atoms with van der Waals surface area (Å²) in [7, 11) is -2.95. The summed E-state index contributed by atoms with van der Waals surface area (Å²) in [5.74, 6) is 0.0620. The Morgan fingerprint density at radius 3 is 2.75 bits per heavy atom. The standard InChI is InChI=1S/C14H20N2O3S/c1-2-11-5-3-4-6-13(11)15-9-14(17)16-12-7-8-20(18,19)10-12/h3-6,12,15H,2,7-10H2,1H3,(H,16,17). The van der Waals surface area contributed by atoms with Gasteiger partial charge in [0.15, 0.2) is 9.84 Å². The first kappa shape index (κ1) is 14.8. The molecule has 1 fully saturated rings. The van der Waals surface area contributed by atoms with Crippen LogP contribution in [0.3, 0.4) is 0 Å². The van der Waals surface area contributed by atoms with E-state index < -0.39 is 9.84 Å². The Bertz CT molecular complexity index is 584. The van der Waals surface area contributed by atoms with Crippen molar-refractivity contribution < 1.29 is 13.2 Å². The molecule has 2 rings (SSSR count). The lowest BCUT2D eigenvalue weighted by atomic mass is 10.1. The van der Waals surface area contributed by atoms with E-state index in [1.54, 1.807) is 0 Å². The lowest BCUT2D eigenvalue weighted by molar-refractivity contribution is -0.119. The maximum Gasteiger partial charge on any atom is 0.239 e. The fourth-order valence-corrected chi connectivity index (χ4v) is 4.04. The lowest BCUT2D eigenvalue weighted by Gasteiger charge is -2.13. The predicted molar refractivity (Wildman–Crippen MR) is 79.5 cm³/mol. The Balaban J connectivity index is 1.84. The second-order valence-electron chi connectivity index (χ2n) is 5.03. The molecule has 1 heterocycles. The summed E-state index contributed by atoms with van der Waals surface area (Å²) >= 11 is 0. The number of para-hydroxylation sites is 1. The summed E-state index contributed by atoms with van der Waals surface area (Å²) in [6.45, 7) is 2.22. The van der Waals surface area contributed by atoms with Gasteiger partial charge in [-0.2, -0.15) is 0 Å². The summed E-state index contributed by atoms with van der Waals surface area (Å²) in [5.41, 5.74) is 2.10. The van der Waals surface area contributed by atoms with Gasteiger partial charge >= 0.3 is 0 Å². The molecule has 0 bridgehead atoms. The summed E-state index contributed by atoms with van der Waals surface area (Å²) in [6.07, 6.45) is 1.41. The number of hydrogen-bond donors (Lipinski definition) is 2. The summed E-state index contributed by atoms with van der Waals surface area (Å²) in [6, 6.07) is 7.60. The predicted octanol–water partition coefficient (Wildman–Crippen LogP) is 0.964. The van der Waals surface area contributed by atoms with E-state index in [9.17, 15) is 13.2 Å². The van der Waals surface area contributed by atoms with Gasteiger partial charge in [0.05, 0.1) is 18.1 Å². The van der Waals surface area contributed by atoms with Crippen molar-refractivity contribution in [2.24, 2.45) is 0 Å². The third-order valence-electron chi connectivity index (χ3n) is 3.44. The number of hydrogen-bond acceptors (Lipinski definition) is 4. The summed E-state index contributed by atoms with van der Waals surface area (Å²) in [5, 5.41) is 5.86. The number of rotatable bonds is 5. The molecule has 1 amide bonds. The minimum Gasteiger partial charge on any atom is -0.376 e. The van der Waals surface area contributed by atoms with Crippen LogP contribution < -0.4 is 10.6 Å². The fourth-order valence-electron chi connectivity index (χ4n) is 2.36. The molecule has 20 heavy (non-hydrogen) atoms. The number of amides is 1. The van der Waals surface area contributed by atoms with Gasteiger partial charge in [-0.3, -0.25) is 4.79 Å². The number of carbonyl (C=O) groups is 1. The zero-order valence-electron chi connectivity index (χ0n) is 11.6. The molecule has 1 unspecified atom stereocenters. The average Bonchev–Trinajstić information content (AvgIpc) is 2.76. The molecule has 5 nitrogen and oxygen atoms in total. The van der Waals surface area contributed by atoms with Crippen molar-refractivity contribution in [2.45, 2.75) is 25.8 Å². The fraction of sp³-hybridized carbons (Fsp3) is 0.500. The van der Waals surface area contributed by atoms with Gasteiger partial charge in [-0.05, 0) is 24.5 Å². The van der Waals surface area contributed by atoms with E-state index in [0.717, 1.165) is 17.7 Å². The van der Waals surface area contributed by atoms with Crippen LogP contribution >= 0.6 is 0 Å². The monoisotopic (exact) mass is 296 g/mol. The van der Waals surface area contributed by atoms with Gasteiger partial charge in [0, 0.05) is 11.7 Å². The molecule has 1 aromatic rings. The summed E-state index contributed by atoms with van der Waals surface area (Å²) < 4.78 is 22.6. The number of nitrogens with one attached hydrogen (secondary N) is 2. The largest absolute Gasteiger partial charge is 0.376 e. The SMILES string of the molecule is CCc1ccccc1NCC(=O)NC1CCS(=O)(=O)C1. The van der Waals surface area contributed by atoms with Crippen LogP contribution in [0, 0.1) is 0 Å². The molecule has 1 aliphatic heterocycles. The first-order chi connectivity index (χ1) is 9.50. The Morgan fingerprint density at radius 1 is 1.35 bits per heavy atom. The molecule has 0 radical (unpaired) electrons. The lowest BCUT2D eigenvalue weighted by Crippen LogP contribution is -2.39. The van der Waals surface area contributed by atoms with E-state index in [4.69, 9.17) is 0 Å². The van der Waals surface area contributed by atoms with Crippen molar-refractivity contribution in [3.63, 3.8) is 0 Å². The highest BCUT2D eigenvalue weighted by atomic mass is 32.2. The van der Waals surface area contributed by atoms with Crippen molar-refractivity contribution in [2.75, 3.05) is 23.4 Å². The number of benzene rings is 1. The average molecular weight is 296 g/mol. The van der Waals surface area contributed by atoms with Crippen LogP contribution in [0.25, 0.3) is 0 Å². The van der Waals surface area contributed by atoms with Crippen LogP contribution in [-0.2, 0) is 21.1 Å². The van der Waals surface area contributed by atoms with E-state index in [1.807, 2.05) is 24.3 Å². The second-order valence-corrected chi connectivity index (χ2v) is 7.26. The maximum absolute atomic E-state index is 11.8. The van der Waals surface area contributed by atoms with Crippen LogP contribution in [-0.4, -0.2) is 38.4 Å². The van der Waals surface area contributed by atoms with Crippen LogP contribution in [0.2, 0.25) is 0 Å². The van der Waals surface area contributed by atoms with Crippen molar-refractivity contribution in [1.82, 2.24) is 5.32 Å². The number of aryl methyl sites for hydroxylation is 1. The molecular formula is C14H20N2O3S. The van der Waals surface area contributed by atoms with Gasteiger partial charge in [0.25, 0.3) is 0 Å². The van der Waals surface area contributed by atoms with Gasteiger partial charge in [-0.25, -0.2) is 8.42 Å². The molecule has 0 aromatic heterocycles. The van der Waals surface area contributed by atoms with Crippen molar-refractivity contribution in [1.29, 1.82) is 0 Å². The summed E-state index contributed by atoms with van der Waals surface area (Å²) in [4.78, 5) is 11.8. The van der Waals surface area contributed by atoms with Crippen molar-refractivity contribution in [3.8, 4) is 0 Å². The van der Waals surface area contributed by atoms with Gasteiger partial charge < -0.3 is 10.6 Å². The van der Waals surface area contributed by atoms with E-state index in [2.05, 4.69) is 17.6 Å². The number of carbonyl (C=O) groups excluding carboxylic acids is 1. The minimum absolute atomic E-state index is 0.0598. The zero-order valence-corrected chi connectivity index (χ0v) is 12.4. The molecule has 1 aliphatic rings. The van der Waals surface area contributed by atoms with Gasteiger partial charge in [-0.1, -0.05) is 25.1 Å². The topological polar surface area (TPSA) is 75.3 Å².